The normalized spacial score (nSPS) is 28.7. The van der Waals surface area contributed by atoms with Gasteiger partial charge in [-0.05, 0) is 47.4 Å². The highest BCUT2D eigenvalue weighted by Crippen LogP contribution is 2.48. The number of hydrogen-bond donors (Lipinski definition) is 2. The quantitative estimate of drug-likeness (QED) is 0.711. The summed E-state index contributed by atoms with van der Waals surface area (Å²) in [6.45, 7) is 0.760. The SMILES string of the molecule is O=C(N[C@H]1CCC[C@H]1C(=O)N1CC2CC1C2C(=O)O)OCC1c2ccccc2-c2ccccc21. The lowest BCUT2D eigenvalue weighted by atomic mass is 9.74. The maximum absolute atomic E-state index is 13.2. The average molecular weight is 461 g/mol. The number of carboxylic acid groups (broad SMARTS) is 1. The van der Waals surface area contributed by atoms with Crippen molar-refractivity contribution in [1.82, 2.24) is 10.2 Å². The lowest BCUT2D eigenvalue weighted by Crippen LogP contribution is -2.49. The first-order chi connectivity index (χ1) is 16.5. The minimum atomic E-state index is -0.809. The van der Waals surface area contributed by atoms with Crippen LogP contribution in [0, 0.1) is 17.8 Å². The Hall–Kier alpha value is -3.35. The molecule has 2 saturated heterocycles. The lowest BCUT2D eigenvalue weighted by molar-refractivity contribution is -0.149. The van der Waals surface area contributed by atoms with Crippen LogP contribution < -0.4 is 5.32 Å². The van der Waals surface area contributed by atoms with E-state index >= 15 is 0 Å². The maximum atomic E-state index is 13.2. The molecule has 7 heteroatoms. The summed E-state index contributed by atoms with van der Waals surface area (Å²) >= 11 is 0. The maximum Gasteiger partial charge on any atom is 0.407 e. The van der Waals surface area contributed by atoms with Crippen LogP contribution in [0.3, 0.4) is 0 Å². The Labute approximate surface area is 198 Å². The van der Waals surface area contributed by atoms with Gasteiger partial charge in [-0.1, -0.05) is 55.0 Å². The van der Waals surface area contributed by atoms with Gasteiger partial charge in [0.05, 0.1) is 11.8 Å². The average Bonchev–Trinajstić information content (AvgIpc) is 3.59. The van der Waals surface area contributed by atoms with Crippen LogP contribution in [-0.4, -0.2) is 53.2 Å². The van der Waals surface area contributed by atoms with Crippen LogP contribution in [0.5, 0.6) is 0 Å². The molecule has 5 aliphatic rings. The van der Waals surface area contributed by atoms with E-state index in [1.165, 1.54) is 11.1 Å². The molecular formula is C27H28N2O5. The van der Waals surface area contributed by atoms with E-state index in [0.717, 1.165) is 30.4 Å². The van der Waals surface area contributed by atoms with Gasteiger partial charge in [-0.15, -0.1) is 0 Å². The molecule has 2 aliphatic heterocycles. The summed E-state index contributed by atoms with van der Waals surface area (Å²) < 4.78 is 5.68. The largest absolute Gasteiger partial charge is 0.481 e. The number of nitrogens with zero attached hydrogens (tertiary/aromatic N) is 1. The number of nitrogens with one attached hydrogen (secondary N) is 1. The predicted molar refractivity (Wildman–Crippen MR) is 124 cm³/mol. The molecule has 2 aromatic carbocycles. The number of benzene rings is 2. The molecule has 2 heterocycles. The Kier molecular flexibility index (Phi) is 5.08. The van der Waals surface area contributed by atoms with E-state index in [1.54, 1.807) is 4.90 Å². The standard InChI is InChI=1S/C27H28N2O5/c30-25(29-13-15-12-23(29)24(15)26(31)32)20-10-5-11-22(20)28-27(33)34-14-21-18-8-3-1-6-16(18)17-7-2-4-9-19(17)21/h1-4,6-9,15,20-24H,5,10-14H2,(H,28,33)(H,31,32)/t15?,20-,22+,23?,24?/m1/s1. The number of amides is 2. The summed E-state index contributed by atoms with van der Waals surface area (Å²) in [6, 6.07) is 15.9. The third-order valence-corrected chi connectivity index (χ3v) is 8.35. The number of alkyl carbamates (subject to hydrolysis) is 1. The number of aliphatic carboxylic acids is 1. The van der Waals surface area contributed by atoms with E-state index in [-0.39, 0.29) is 42.4 Å². The molecule has 3 unspecified atom stereocenters. The molecule has 4 fully saturated rings. The molecule has 2 amide bonds. The van der Waals surface area contributed by atoms with Crippen molar-refractivity contribution in [2.24, 2.45) is 17.8 Å². The van der Waals surface area contributed by atoms with E-state index in [9.17, 15) is 19.5 Å². The molecule has 176 valence electrons. The molecular weight excluding hydrogens is 432 g/mol. The topological polar surface area (TPSA) is 95.9 Å². The van der Waals surface area contributed by atoms with Crippen molar-refractivity contribution in [2.75, 3.05) is 13.2 Å². The molecule has 0 aromatic heterocycles. The van der Waals surface area contributed by atoms with Crippen molar-refractivity contribution >= 4 is 18.0 Å². The monoisotopic (exact) mass is 460 g/mol. The fourth-order valence-electron chi connectivity index (χ4n) is 6.67. The van der Waals surface area contributed by atoms with Crippen LogP contribution in [0.25, 0.3) is 11.1 Å². The zero-order valence-electron chi connectivity index (χ0n) is 18.9. The summed E-state index contributed by atoms with van der Waals surface area (Å²) in [5.74, 6) is -1.51. The van der Waals surface area contributed by atoms with Crippen LogP contribution in [0.4, 0.5) is 4.79 Å². The van der Waals surface area contributed by atoms with Crippen molar-refractivity contribution < 1.29 is 24.2 Å². The Balaban J connectivity index is 1.09. The van der Waals surface area contributed by atoms with Gasteiger partial charge in [-0.2, -0.15) is 0 Å². The Morgan fingerprint density at radius 2 is 1.68 bits per heavy atom. The van der Waals surface area contributed by atoms with Crippen molar-refractivity contribution in [2.45, 2.75) is 43.7 Å². The van der Waals surface area contributed by atoms with Crippen molar-refractivity contribution in [3.8, 4) is 11.1 Å². The molecule has 2 bridgehead atoms. The number of carboxylic acids is 1. The molecule has 2 aromatic rings. The van der Waals surface area contributed by atoms with Gasteiger partial charge in [0.1, 0.15) is 6.61 Å². The second kappa shape index (κ2) is 8.15. The Bertz CT molecular complexity index is 1120. The molecule has 3 aliphatic carbocycles. The van der Waals surface area contributed by atoms with Gasteiger partial charge < -0.3 is 20.1 Å². The minimum absolute atomic E-state index is 0.0106. The van der Waals surface area contributed by atoms with Crippen molar-refractivity contribution in [1.29, 1.82) is 0 Å². The number of hydrogen-bond acceptors (Lipinski definition) is 4. The Morgan fingerprint density at radius 1 is 1.00 bits per heavy atom. The van der Waals surface area contributed by atoms with Gasteiger partial charge in [0.2, 0.25) is 5.91 Å². The third kappa shape index (κ3) is 3.29. The van der Waals surface area contributed by atoms with Gasteiger partial charge in [-0.25, -0.2) is 4.79 Å². The molecule has 5 atom stereocenters. The molecule has 2 saturated carbocycles. The first-order valence-electron chi connectivity index (χ1n) is 12.2. The smallest absolute Gasteiger partial charge is 0.407 e. The van der Waals surface area contributed by atoms with Gasteiger partial charge in [0.25, 0.3) is 0 Å². The van der Waals surface area contributed by atoms with Crippen LogP contribution in [0.2, 0.25) is 0 Å². The first-order valence-corrected chi connectivity index (χ1v) is 12.2. The van der Waals surface area contributed by atoms with Gasteiger partial charge in [0, 0.05) is 24.5 Å². The molecule has 7 nitrogen and oxygen atoms in total. The van der Waals surface area contributed by atoms with E-state index in [4.69, 9.17) is 4.74 Å². The zero-order chi connectivity index (χ0) is 23.4. The fraction of sp³-hybridized carbons (Fsp3) is 0.444. The van der Waals surface area contributed by atoms with Crippen LogP contribution >= 0.6 is 0 Å². The van der Waals surface area contributed by atoms with E-state index in [0.29, 0.717) is 13.0 Å². The number of fused-ring (bicyclic) bond motifs is 4. The van der Waals surface area contributed by atoms with E-state index in [1.807, 2.05) is 24.3 Å². The van der Waals surface area contributed by atoms with Crippen LogP contribution in [-0.2, 0) is 14.3 Å². The summed E-state index contributed by atoms with van der Waals surface area (Å²) in [5.41, 5.74) is 4.67. The van der Waals surface area contributed by atoms with E-state index in [2.05, 4.69) is 29.6 Å². The third-order valence-electron chi connectivity index (χ3n) is 8.35. The van der Waals surface area contributed by atoms with Crippen LogP contribution in [0.15, 0.2) is 48.5 Å². The molecule has 0 radical (unpaired) electrons. The highest BCUT2D eigenvalue weighted by Gasteiger charge is 2.58. The molecule has 0 spiro atoms. The predicted octanol–water partition coefficient (Wildman–Crippen LogP) is 3.63. The van der Waals surface area contributed by atoms with Crippen molar-refractivity contribution in [3.63, 3.8) is 0 Å². The minimum Gasteiger partial charge on any atom is -0.481 e. The molecule has 7 rings (SSSR count). The summed E-state index contributed by atoms with van der Waals surface area (Å²) in [5, 5.41) is 12.4. The summed E-state index contributed by atoms with van der Waals surface area (Å²) in [6.07, 6.45) is 2.57. The number of ether oxygens (including phenoxy) is 1. The summed E-state index contributed by atoms with van der Waals surface area (Å²) in [7, 11) is 0. The lowest BCUT2D eigenvalue weighted by Gasteiger charge is -2.34. The number of carbonyl (C=O) groups excluding carboxylic acids is 2. The number of rotatable bonds is 5. The van der Waals surface area contributed by atoms with Gasteiger partial charge in [0.15, 0.2) is 0 Å². The molecule has 34 heavy (non-hydrogen) atoms. The highest BCUT2D eigenvalue weighted by molar-refractivity contribution is 5.84. The summed E-state index contributed by atoms with van der Waals surface area (Å²) in [4.78, 5) is 39.2. The van der Waals surface area contributed by atoms with E-state index < -0.39 is 18.0 Å². The highest BCUT2D eigenvalue weighted by atomic mass is 16.5. The van der Waals surface area contributed by atoms with Gasteiger partial charge >= 0.3 is 12.1 Å². The second-order valence-electron chi connectivity index (χ2n) is 10.0. The van der Waals surface area contributed by atoms with Gasteiger partial charge in [-0.3, -0.25) is 9.59 Å². The zero-order valence-corrected chi connectivity index (χ0v) is 18.9. The first kappa shape index (κ1) is 21.2. The van der Waals surface area contributed by atoms with Crippen molar-refractivity contribution in [3.05, 3.63) is 59.7 Å². The second-order valence-corrected chi connectivity index (χ2v) is 10.0. The van der Waals surface area contributed by atoms with Crippen LogP contribution in [0.1, 0.15) is 42.7 Å². The fourth-order valence-corrected chi connectivity index (χ4v) is 6.67. The molecule has 2 N–H and O–H groups in total. The number of carbonyl (C=O) groups is 3. The Morgan fingerprint density at radius 3 is 2.32 bits per heavy atom.